The summed E-state index contributed by atoms with van der Waals surface area (Å²) >= 11 is 0. The molecule has 0 fully saturated rings. The Balaban J connectivity index is 1.73. The van der Waals surface area contributed by atoms with E-state index in [-0.39, 0.29) is 30.1 Å². The third kappa shape index (κ3) is 4.30. The van der Waals surface area contributed by atoms with Gasteiger partial charge in [0.15, 0.2) is 0 Å². The third-order valence-corrected chi connectivity index (χ3v) is 5.67. The van der Waals surface area contributed by atoms with Gasteiger partial charge in [-0.3, -0.25) is 19.1 Å². The van der Waals surface area contributed by atoms with Crippen molar-refractivity contribution in [2.45, 2.75) is 25.9 Å². The topological polar surface area (TPSA) is 111 Å². The second kappa shape index (κ2) is 8.78. The molecular formula is C24H25N5O4. The molecule has 0 saturated carbocycles. The van der Waals surface area contributed by atoms with Crippen molar-refractivity contribution < 1.29 is 9.90 Å². The molecule has 1 aromatic heterocycles. The maximum absolute atomic E-state index is 12.7. The van der Waals surface area contributed by atoms with E-state index in [1.54, 1.807) is 0 Å². The fourth-order valence-corrected chi connectivity index (χ4v) is 3.94. The summed E-state index contributed by atoms with van der Waals surface area (Å²) in [7, 11) is 3.88. The van der Waals surface area contributed by atoms with Gasteiger partial charge in [0.25, 0.3) is 5.56 Å². The molecule has 4 rings (SSSR count). The number of amides is 1. The van der Waals surface area contributed by atoms with Gasteiger partial charge in [0, 0.05) is 33.1 Å². The summed E-state index contributed by atoms with van der Waals surface area (Å²) in [5.74, 6) is -0.765. The molecule has 0 spiro atoms. The molecule has 0 unspecified atom stereocenters. The molecule has 3 aromatic rings. The molecule has 0 bridgehead atoms. The molecule has 1 amide bonds. The summed E-state index contributed by atoms with van der Waals surface area (Å²) < 4.78 is 1.09. The average molecular weight is 447 g/mol. The highest BCUT2D eigenvalue weighted by molar-refractivity contribution is 6.04. The number of hydrogen-bond acceptors (Lipinski definition) is 6. The molecule has 1 aliphatic heterocycles. The third-order valence-electron chi connectivity index (χ3n) is 5.67. The molecule has 2 heterocycles. The molecule has 0 radical (unpaired) electrons. The lowest BCUT2D eigenvalue weighted by molar-refractivity contribution is -0.130. The van der Waals surface area contributed by atoms with Crippen LogP contribution in [0.5, 0.6) is 5.88 Å². The molecule has 0 aliphatic carbocycles. The minimum absolute atomic E-state index is 0.0778. The minimum Gasteiger partial charge on any atom is -0.494 e. The van der Waals surface area contributed by atoms with Crippen molar-refractivity contribution >= 4 is 17.3 Å². The van der Waals surface area contributed by atoms with Crippen LogP contribution in [0.15, 0.2) is 69.3 Å². The van der Waals surface area contributed by atoms with Crippen molar-refractivity contribution in [3.63, 3.8) is 0 Å². The molecule has 2 aromatic carbocycles. The number of hydrogen-bond donors (Lipinski definition) is 2. The average Bonchev–Trinajstić information content (AvgIpc) is 3.22. The summed E-state index contributed by atoms with van der Waals surface area (Å²) in [5.41, 5.74) is 1.31. The Hall–Kier alpha value is -4.14. The monoisotopic (exact) mass is 447 g/mol. The number of aromatic hydroxyl groups is 1. The van der Waals surface area contributed by atoms with Crippen LogP contribution in [0.2, 0.25) is 0 Å². The lowest BCUT2D eigenvalue weighted by Crippen LogP contribution is -2.34. The Kier molecular flexibility index (Phi) is 5.87. The van der Waals surface area contributed by atoms with Gasteiger partial charge in [-0.25, -0.2) is 9.80 Å². The van der Waals surface area contributed by atoms with Crippen LogP contribution in [0.4, 0.5) is 5.69 Å². The van der Waals surface area contributed by atoms with E-state index in [0.29, 0.717) is 0 Å². The predicted octanol–water partition coefficient (Wildman–Crippen LogP) is 2.05. The molecule has 9 heteroatoms. The quantitative estimate of drug-likeness (QED) is 0.622. The smallest absolute Gasteiger partial charge is 0.331 e. The Bertz CT molecular complexity index is 1320. The first kappa shape index (κ1) is 22.1. The van der Waals surface area contributed by atoms with Gasteiger partial charge in [-0.05, 0) is 23.3 Å². The van der Waals surface area contributed by atoms with Gasteiger partial charge in [-0.15, -0.1) is 0 Å². The number of benzene rings is 2. The number of nitrogens with one attached hydrogen (secondary N) is 1. The van der Waals surface area contributed by atoms with Gasteiger partial charge < -0.3 is 10.0 Å². The van der Waals surface area contributed by atoms with Gasteiger partial charge in [0.1, 0.15) is 5.56 Å². The first-order valence-corrected chi connectivity index (χ1v) is 10.5. The van der Waals surface area contributed by atoms with Gasteiger partial charge >= 0.3 is 5.69 Å². The fraction of sp³-hybridized carbons (Fsp3) is 0.250. The summed E-state index contributed by atoms with van der Waals surface area (Å²) in [6.07, 6.45) is 0.223. The number of aromatic nitrogens is 2. The molecule has 0 saturated heterocycles. The maximum Gasteiger partial charge on any atom is 0.331 e. The molecule has 2 N–H and O–H groups in total. The minimum atomic E-state index is -0.743. The number of hydrazone groups is 1. The van der Waals surface area contributed by atoms with Crippen molar-refractivity contribution in [1.82, 2.24) is 14.6 Å². The molecule has 1 aliphatic rings. The highest BCUT2D eigenvalue weighted by Crippen LogP contribution is 2.34. The number of nitrogens with zero attached hydrogens (tertiary/aromatic N) is 4. The van der Waals surface area contributed by atoms with Crippen molar-refractivity contribution in [2.24, 2.45) is 5.10 Å². The number of carbonyl (C=O) groups is 1. The number of aromatic amines is 1. The zero-order valence-electron chi connectivity index (χ0n) is 18.6. The zero-order valence-corrected chi connectivity index (χ0v) is 18.6. The van der Waals surface area contributed by atoms with Crippen LogP contribution in [0.3, 0.4) is 0 Å². The Labute approximate surface area is 190 Å². The van der Waals surface area contributed by atoms with Crippen LogP contribution >= 0.6 is 0 Å². The first-order valence-electron chi connectivity index (χ1n) is 10.5. The Morgan fingerprint density at radius 1 is 1.12 bits per heavy atom. The van der Waals surface area contributed by atoms with E-state index in [2.05, 4.69) is 10.1 Å². The lowest BCUT2D eigenvalue weighted by Gasteiger charge is -2.21. The number of H-pyrrole nitrogens is 1. The predicted molar refractivity (Wildman–Crippen MR) is 126 cm³/mol. The molecule has 9 nitrogen and oxygen atoms in total. The lowest BCUT2D eigenvalue weighted by atomic mass is 9.99. The van der Waals surface area contributed by atoms with E-state index in [9.17, 15) is 19.5 Å². The van der Waals surface area contributed by atoms with Crippen molar-refractivity contribution in [2.75, 3.05) is 19.0 Å². The highest BCUT2D eigenvalue weighted by atomic mass is 16.3. The molecular weight excluding hydrogens is 422 g/mol. The van der Waals surface area contributed by atoms with Crippen LogP contribution in [-0.4, -0.2) is 45.4 Å². The molecule has 1 atom stereocenters. The van der Waals surface area contributed by atoms with E-state index in [1.165, 1.54) is 11.9 Å². The number of carbonyl (C=O) groups excluding carboxylic acids is 1. The van der Waals surface area contributed by atoms with E-state index >= 15 is 0 Å². The molecule has 170 valence electrons. The van der Waals surface area contributed by atoms with Crippen molar-refractivity contribution in [3.8, 4) is 5.88 Å². The van der Waals surface area contributed by atoms with E-state index in [0.717, 1.165) is 21.4 Å². The van der Waals surface area contributed by atoms with Crippen LogP contribution in [0.1, 0.15) is 36.1 Å². The Morgan fingerprint density at radius 3 is 2.39 bits per heavy atom. The van der Waals surface area contributed by atoms with Gasteiger partial charge in [-0.2, -0.15) is 5.10 Å². The first-order chi connectivity index (χ1) is 15.8. The maximum atomic E-state index is 12.7. The highest BCUT2D eigenvalue weighted by Gasteiger charge is 2.34. The molecule has 33 heavy (non-hydrogen) atoms. The largest absolute Gasteiger partial charge is 0.494 e. The second-order valence-electron chi connectivity index (χ2n) is 8.15. The van der Waals surface area contributed by atoms with Crippen LogP contribution in [0, 0.1) is 0 Å². The summed E-state index contributed by atoms with van der Waals surface area (Å²) in [6, 6.07) is 16.4. The van der Waals surface area contributed by atoms with Gasteiger partial charge in [0.05, 0.1) is 18.3 Å². The van der Waals surface area contributed by atoms with Crippen LogP contribution in [0.25, 0.3) is 0 Å². The summed E-state index contributed by atoms with van der Waals surface area (Å²) in [5, 5.41) is 16.6. The summed E-state index contributed by atoms with van der Waals surface area (Å²) in [6.45, 7) is 1.47. The van der Waals surface area contributed by atoms with Gasteiger partial charge in [-0.1, -0.05) is 42.5 Å². The van der Waals surface area contributed by atoms with Crippen molar-refractivity contribution in [3.05, 3.63) is 92.1 Å². The normalized spacial score (nSPS) is 15.4. The van der Waals surface area contributed by atoms with Crippen LogP contribution in [-0.2, 0) is 11.3 Å². The van der Waals surface area contributed by atoms with Crippen LogP contribution < -0.4 is 16.1 Å². The fourth-order valence-electron chi connectivity index (χ4n) is 3.94. The SMILES string of the molecule is CC(=O)N1N=C(c2c(O)n(Cc3ccccc3)c(=O)[nH]c2=O)C[C@@H]1c1ccc(N(C)C)cc1. The summed E-state index contributed by atoms with van der Waals surface area (Å²) in [4.78, 5) is 41.6. The van der Waals surface area contributed by atoms with E-state index in [4.69, 9.17) is 0 Å². The Morgan fingerprint density at radius 2 is 1.79 bits per heavy atom. The van der Waals surface area contributed by atoms with Crippen molar-refractivity contribution in [1.29, 1.82) is 0 Å². The zero-order chi connectivity index (χ0) is 23.7. The number of rotatable bonds is 5. The van der Waals surface area contributed by atoms with E-state index in [1.807, 2.05) is 73.6 Å². The van der Waals surface area contributed by atoms with E-state index < -0.39 is 23.2 Å². The van der Waals surface area contributed by atoms with Gasteiger partial charge in [0.2, 0.25) is 11.8 Å². The second-order valence-corrected chi connectivity index (χ2v) is 8.15. The standard InChI is InChI=1S/C24H25N5O4/c1-15(30)29-20(17-9-11-18(12-10-17)27(2)3)13-19(26-29)21-22(31)25-24(33)28(23(21)32)14-16-7-5-4-6-8-16/h4-12,20,32H,13-14H2,1-3H3,(H,25,31,33)/t20-/m1/s1. The number of anilines is 1.